The van der Waals surface area contributed by atoms with E-state index >= 15 is 0 Å². The molecule has 2 rings (SSSR count). The fourth-order valence-corrected chi connectivity index (χ4v) is 2.88. The number of hydrogen-bond acceptors (Lipinski definition) is 3. The Labute approximate surface area is 142 Å². The summed E-state index contributed by atoms with van der Waals surface area (Å²) in [7, 11) is 0. The van der Waals surface area contributed by atoms with Gasteiger partial charge in [-0.2, -0.15) is 5.10 Å². The van der Waals surface area contributed by atoms with E-state index in [9.17, 15) is 4.79 Å². The van der Waals surface area contributed by atoms with Gasteiger partial charge in [0.05, 0.1) is 11.5 Å². The van der Waals surface area contributed by atoms with Crippen molar-refractivity contribution >= 4 is 46.0 Å². The molecule has 0 radical (unpaired) electrons. The van der Waals surface area contributed by atoms with Crippen LogP contribution in [-0.2, 0) is 4.79 Å². The molecule has 0 saturated carbocycles. The van der Waals surface area contributed by atoms with Crippen molar-refractivity contribution in [3.63, 3.8) is 0 Å². The van der Waals surface area contributed by atoms with Crippen LogP contribution in [0.5, 0.6) is 0 Å². The van der Waals surface area contributed by atoms with Crippen LogP contribution in [0.25, 0.3) is 0 Å². The average Bonchev–Trinajstić information content (AvgIpc) is 2.51. The molecule has 0 saturated heterocycles. The number of rotatable bonds is 5. The van der Waals surface area contributed by atoms with E-state index in [1.54, 1.807) is 0 Å². The molecule has 0 unspecified atom stereocenters. The van der Waals surface area contributed by atoms with Gasteiger partial charge in [-0.15, -0.1) is 11.8 Å². The molecule has 3 nitrogen and oxygen atoms in total. The molecule has 0 heterocycles. The Hall–Kier alpha value is -1.34. The quantitative estimate of drug-likeness (QED) is 0.351. The van der Waals surface area contributed by atoms with E-state index in [-0.39, 0.29) is 5.91 Å². The zero-order chi connectivity index (χ0) is 15.1. The molecule has 0 fully saturated rings. The van der Waals surface area contributed by atoms with Gasteiger partial charge in [-0.3, -0.25) is 4.79 Å². The minimum atomic E-state index is -0.103. The summed E-state index contributed by atoms with van der Waals surface area (Å²) in [6.07, 6.45) is 0. The smallest absolute Gasteiger partial charge is 0.250 e. The van der Waals surface area contributed by atoms with Crippen molar-refractivity contribution in [3.8, 4) is 0 Å². The Kier molecular flexibility index (Phi) is 6.25. The van der Waals surface area contributed by atoms with Gasteiger partial charge in [-0.25, -0.2) is 5.43 Å². The minimum absolute atomic E-state index is 0.103. The third-order valence-electron chi connectivity index (χ3n) is 2.70. The van der Waals surface area contributed by atoms with Crippen LogP contribution in [0.1, 0.15) is 12.5 Å². The molecule has 0 bridgehead atoms. The summed E-state index contributed by atoms with van der Waals surface area (Å²) in [4.78, 5) is 12.9. The normalized spacial score (nSPS) is 11.2. The first-order chi connectivity index (χ1) is 10.1. The maximum absolute atomic E-state index is 11.8. The fraction of sp³-hybridized carbons (Fsp3) is 0.125. The van der Waals surface area contributed by atoms with Crippen molar-refractivity contribution in [2.24, 2.45) is 5.10 Å². The Balaban J connectivity index is 1.87. The molecule has 1 amide bonds. The standard InChI is InChI=1S/C16H15IN2OS/c1-12(13-6-5-7-14(17)10-13)18-19-16(20)11-21-15-8-3-2-4-9-15/h2-10H,11H2,1H3,(H,19,20)/b18-12+. The first kappa shape index (κ1) is 16.0. The summed E-state index contributed by atoms with van der Waals surface area (Å²) in [6, 6.07) is 17.8. The molecule has 21 heavy (non-hydrogen) atoms. The number of hydrazone groups is 1. The first-order valence-electron chi connectivity index (χ1n) is 6.42. The van der Waals surface area contributed by atoms with Gasteiger partial charge >= 0.3 is 0 Å². The largest absolute Gasteiger partial charge is 0.272 e. The maximum Gasteiger partial charge on any atom is 0.250 e. The van der Waals surface area contributed by atoms with Gasteiger partial charge in [-0.05, 0) is 59.3 Å². The van der Waals surface area contributed by atoms with E-state index in [2.05, 4.69) is 33.1 Å². The lowest BCUT2D eigenvalue weighted by Gasteiger charge is -2.03. The summed E-state index contributed by atoms with van der Waals surface area (Å²) in [5.74, 6) is 0.251. The summed E-state index contributed by atoms with van der Waals surface area (Å²) in [5.41, 5.74) is 4.41. The van der Waals surface area contributed by atoms with Crippen molar-refractivity contribution in [2.45, 2.75) is 11.8 Å². The second-order valence-electron chi connectivity index (χ2n) is 4.34. The van der Waals surface area contributed by atoms with E-state index < -0.39 is 0 Å². The van der Waals surface area contributed by atoms with Crippen molar-refractivity contribution in [1.29, 1.82) is 0 Å². The maximum atomic E-state index is 11.8. The number of benzene rings is 2. The molecule has 0 spiro atoms. The second-order valence-corrected chi connectivity index (χ2v) is 6.64. The molecule has 2 aromatic rings. The third-order valence-corrected chi connectivity index (χ3v) is 4.39. The van der Waals surface area contributed by atoms with E-state index in [1.807, 2.05) is 61.5 Å². The molecule has 0 aliphatic heterocycles. The number of nitrogens with zero attached hydrogens (tertiary/aromatic N) is 1. The molecular weight excluding hydrogens is 395 g/mol. The average molecular weight is 410 g/mol. The van der Waals surface area contributed by atoms with Gasteiger partial charge < -0.3 is 0 Å². The molecule has 0 aliphatic carbocycles. The summed E-state index contributed by atoms with van der Waals surface area (Å²) < 4.78 is 1.14. The van der Waals surface area contributed by atoms with Gasteiger partial charge in [0.25, 0.3) is 0 Å². The van der Waals surface area contributed by atoms with Crippen molar-refractivity contribution in [2.75, 3.05) is 5.75 Å². The number of nitrogens with one attached hydrogen (secondary N) is 1. The number of halogens is 1. The molecule has 2 aromatic carbocycles. The number of thioether (sulfide) groups is 1. The number of carbonyl (C=O) groups excluding carboxylic acids is 1. The van der Waals surface area contributed by atoms with Crippen molar-refractivity contribution in [3.05, 3.63) is 63.7 Å². The predicted octanol–water partition coefficient (Wildman–Crippen LogP) is 3.92. The second kappa shape index (κ2) is 8.19. The minimum Gasteiger partial charge on any atom is -0.272 e. The molecule has 0 aromatic heterocycles. The molecular formula is C16H15IN2OS. The van der Waals surface area contributed by atoms with Crippen LogP contribution in [-0.4, -0.2) is 17.4 Å². The SMILES string of the molecule is C/C(=N\NC(=O)CSc1ccccc1)c1cccc(I)c1. The monoisotopic (exact) mass is 410 g/mol. The Morgan fingerprint density at radius 2 is 1.95 bits per heavy atom. The van der Waals surface area contributed by atoms with Gasteiger partial charge in [-0.1, -0.05) is 30.3 Å². The van der Waals surface area contributed by atoms with Crippen molar-refractivity contribution < 1.29 is 4.79 Å². The Morgan fingerprint density at radius 3 is 2.67 bits per heavy atom. The van der Waals surface area contributed by atoms with Gasteiger partial charge in [0.2, 0.25) is 5.91 Å². The van der Waals surface area contributed by atoms with E-state index in [0.717, 1.165) is 19.7 Å². The number of hydrogen-bond donors (Lipinski definition) is 1. The summed E-state index contributed by atoms with van der Waals surface area (Å²) >= 11 is 3.75. The molecule has 108 valence electrons. The number of carbonyl (C=O) groups is 1. The molecule has 0 aliphatic rings. The first-order valence-corrected chi connectivity index (χ1v) is 8.48. The lowest BCUT2D eigenvalue weighted by atomic mass is 10.1. The third kappa shape index (κ3) is 5.51. The summed E-state index contributed by atoms with van der Waals surface area (Å²) in [6.45, 7) is 1.88. The highest BCUT2D eigenvalue weighted by molar-refractivity contribution is 14.1. The van der Waals surface area contributed by atoms with Crippen LogP contribution in [0.15, 0.2) is 64.6 Å². The fourth-order valence-electron chi connectivity index (χ4n) is 1.62. The lowest BCUT2D eigenvalue weighted by molar-refractivity contribution is -0.118. The Bertz CT molecular complexity index is 644. The van der Waals surface area contributed by atoms with Gasteiger partial charge in [0, 0.05) is 8.47 Å². The highest BCUT2D eigenvalue weighted by Gasteiger charge is 2.03. The highest BCUT2D eigenvalue weighted by Crippen LogP contribution is 2.16. The molecule has 5 heteroatoms. The molecule has 0 atom stereocenters. The summed E-state index contributed by atoms with van der Waals surface area (Å²) in [5, 5.41) is 4.15. The lowest BCUT2D eigenvalue weighted by Crippen LogP contribution is -2.21. The predicted molar refractivity (Wildman–Crippen MR) is 96.7 cm³/mol. The van der Waals surface area contributed by atoms with Crippen LogP contribution in [0.4, 0.5) is 0 Å². The van der Waals surface area contributed by atoms with E-state index in [1.165, 1.54) is 11.8 Å². The topological polar surface area (TPSA) is 41.5 Å². The van der Waals surface area contributed by atoms with Crippen LogP contribution in [0.2, 0.25) is 0 Å². The Morgan fingerprint density at radius 1 is 1.19 bits per heavy atom. The van der Waals surface area contributed by atoms with E-state index in [0.29, 0.717) is 5.75 Å². The molecule has 1 N–H and O–H groups in total. The zero-order valence-corrected chi connectivity index (χ0v) is 14.5. The van der Waals surface area contributed by atoms with Crippen LogP contribution < -0.4 is 5.43 Å². The van der Waals surface area contributed by atoms with E-state index in [4.69, 9.17) is 0 Å². The highest BCUT2D eigenvalue weighted by atomic mass is 127. The number of amides is 1. The van der Waals surface area contributed by atoms with Crippen LogP contribution in [0.3, 0.4) is 0 Å². The van der Waals surface area contributed by atoms with Crippen LogP contribution in [0, 0.1) is 3.57 Å². The zero-order valence-electron chi connectivity index (χ0n) is 11.5. The van der Waals surface area contributed by atoms with Gasteiger partial charge in [0.15, 0.2) is 0 Å². The van der Waals surface area contributed by atoms with Gasteiger partial charge in [0.1, 0.15) is 0 Å². The van der Waals surface area contributed by atoms with Crippen LogP contribution >= 0.6 is 34.4 Å². The van der Waals surface area contributed by atoms with Crippen molar-refractivity contribution in [1.82, 2.24) is 5.43 Å².